The fourth-order valence-corrected chi connectivity index (χ4v) is 2.15. The van der Waals surface area contributed by atoms with Crippen molar-refractivity contribution in [3.05, 3.63) is 12.1 Å². The first-order chi connectivity index (χ1) is 9.69. The van der Waals surface area contributed by atoms with E-state index in [-0.39, 0.29) is 0 Å². The third-order valence-corrected chi connectivity index (χ3v) is 3.68. The molecule has 0 bridgehead atoms. The monoisotopic (exact) mass is 277 g/mol. The Morgan fingerprint density at radius 1 is 1.40 bits per heavy atom. The van der Waals surface area contributed by atoms with Crippen LogP contribution in [0.25, 0.3) is 0 Å². The summed E-state index contributed by atoms with van der Waals surface area (Å²) in [7, 11) is 0. The molecular formula is C16H27N3O. The van der Waals surface area contributed by atoms with E-state index in [0.29, 0.717) is 23.5 Å². The summed E-state index contributed by atoms with van der Waals surface area (Å²) in [6.07, 6.45) is 7.50. The van der Waals surface area contributed by atoms with Gasteiger partial charge in [0.15, 0.2) is 0 Å². The van der Waals surface area contributed by atoms with Gasteiger partial charge < -0.3 is 15.8 Å². The van der Waals surface area contributed by atoms with Crippen LogP contribution in [0.2, 0.25) is 0 Å². The molecule has 1 saturated carbocycles. The maximum atomic E-state index is 5.91. The largest absolute Gasteiger partial charge is 0.476 e. The molecule has 0 aromatic carbocycles. The molecule has 1 aliphatic carbocycles. The average Bonchev–Trinajstić information content (AvgIpc) is 3.24. The van der Waals surface area contributed by atoms with Gasteiger partial charge in [-0.2, -0.15) is 4.98 Å². The fourth-order valence-electron chi connectivity index (χ4n) is 2.15. The van der Waals surface area contributed by atoms with Gasteiger partial charge in [-0.05, 0) is 44.2 Å². The van der Waals surface area contributed by atoms with E-state index in [0.717, 1.165) is 18.8 Å². The van der Waals surface area contributed by atoms with Crippen LogP contribution in [0.4, 0.5) is 11.5 Å². The van der Waals surface area contributed by atoms with Crippen molar-refractivity contribution in [2.45, 2.75) is 58.4 Å². The minimum atomic E-state index is 0.425. The quantitative estimate of drug-likeness (QED) is 0.673. The maximum Gasteiger partial charge on any atom is 0.239 e. The Morgan fingerprint density at radius 3 is 2.90 bits per heavy atom. The van der Waals surface area contributed by atoms with Gasteiger partial charge in [-0.3, -0.25) is 0 Å². The number of pyridine rings is 1. The zero-order valence-corrected chi connectivity index (χ0v) is 12.7. The van der Waals surface area contributed by atoms with Crippen molar-refractivity contribution in [3.63, 3.8) is 0 Å². The molecule has 0 aliphatic heterocycles. The highest BCUT2D eigenvalue weighted by Gasteiger charge is 2.22. The Bertz CT molecular complexity index is 418. The molecule has 1 aliphatic rings. The molecule has 1 unspecified atom stereocenters. The first-order valence-corrected chi connectivity index (χ1v) is 7.85. The standard InChI is InChI=1S/C16H27N3O/c1-3-4-5-6-12(2)18-15-10-9-14(17)16(19-15)20-11-13-7-8-13/h9-10,12-13H,3-8,11,17H2,1-2H3,(H,18,19). The summed E-state index contributed by atoms with van der Waals surface area (Å²) < 4.78 is 5.71. The lowest BCUT2D eigenvalue weighted by Crippen LogP contribution is -2.16. The van der Waals surface area contributed by atoms with E-state index in [9.17, 15) is 0 Å². The number of hydrogen-bond donors (Lipinski definition) is 2. The van der Waals surface area contributed by atoms with Crippen LogP contribution in [0.1, 0.15) is 52.4 Å². The minimum absolute atomic E-state index is 0.425. The van der Waals surface area contributed by atoms with Crippen molar-refractivity contribution >= 4 is 11.5 Å². The fraction of sp³-hybridized carbons (Fsp3) is 0.688. The molecule has 112 valence electrons. The number of nitrogen functional groups attached to an aromatic ring is 1. The van der Waals surface area contributed by atoms with Gasteiger partial charge in [-0.15, -0.1) is 0 Å². The second-order valence-corrected chi connectivity index (χ2v) is 5.89. The normalized spacial score (nSPS) is 15.9. The molecule has 0 amide bonds. The first-order valence-electron chi connectivity index (χ1n) is 7.85. The van der Waals surface area contributed by atoms with Crippen molar-refractivity contribution in [3.8, 4) is 5.88 Å². The molecular weight excluding hydrogens is 250 g/mol. The topological polar surface area (TPSA) is 60.2 Å². The van der Waals surface area contributed by atoms with Gasteiger partial charge >= 0.3 is 0 Å². The lowest BCUT2D eigenvalue weighted by molar-refractivity contribution is 0.290. The molecule has 1 aromatic heterocycles. The number of nitrogens with one attached hydrogen (secondary N) is 1. The molecule has 1 atom stereocenters. The molecule has 3 N–H and O–H groups in total. The van der Waals surface area contributed by atoms with Crippen molar-refractivity contribution in [1.82, 2.24) is 4.98 Å². The first kappa shape index (κ1) is 14.9. The van der Waals surface area contributed by atoms with Crippen LogP contribution in [0.5, 0.6) is 5.88 Å². The molecule has 20 heavy (non-hydrogen) atoms. The number of nitrogens with two attached hydrogens (primary N) is 1. The summed E-state index contributed by atoms with van der Waals surface area (Å²) in [6, 6.07) is 4.22. The third kappa shape index (κ3) is 4.91. The Labute approximate surface area is 122 Å². The van der Waals surface area contributed by atoms with Gasteiger partial charge in [0.05, 0.1) is 12.3 Å². The molecule has 1 aromatic rings. The molecule has 4 heteroatoms. The predicted molar refractivity (Wildman–Crippen MR) is 84.1 cm³/mol. The third-order valence-electron chi connectivity index (χ3n) is 3.68. The second-order valence-electron chi connectivity index (χ2n) is 5.89. The van der Waals surface area contributed by atoms with Crippen molar-refractivity contribution in [2.75, 3.05) is 17.7 Å². The Balaban J connectivity index is 1.85. The van der Waals surface area contributed by atoms with Gasteiger partial charge in [-0.1, -0.05) is 26.2 Å². The van der Waals surface area contributed by atoms with Crippen molar-refractivity contribution in [1.29, 1.82) is 0 Å². The van der Waals surface area contributed by atoms with Crippen LogP contribution in [0.15, 0.2) is 12.1 Å². The summed E-state index contributed by atoms with van der Waals surface area (Å²) in [6.45, 7) is 5.16. The summed E-state index contributed by atoms with van der Waals surface area (Å²) in [5, 5.41) is 3.42. The van der Waals surface area contributed by atoms with E-state index >= 15 is 0 Å². The molecule has 1 heterocycles. The van der Waals surface area contributed by atoms with Crippen LogP contribution < -0.4 is 15.8 Å². The molecule has 0 radical (unpaired) electrons. The number of rotatable bonds is 9. The number of aromatic nitrogens is 1. The summed E-state index contributed by atoms with van der Waals surface area (Å²) in [5.74, 6) is 2.14. The maximum absolute atomic E-state index is 5.91. The number of hydrogen-bond acceptors (Lipinski definition) is 4. The lowest BCUT2D eigenvalue weighted by Gasteiger charge is -2.15. The van der Waals surface area contributed by atoms with Gasteiger partial charge in [0.2, 0.25) is 5.88 Å². The van der Waals surface area contributed by atoms with Crippen molar-refractivity contribution in [2.24, 2.45) is 5.92 Å². The number of anilines is 2. The van der Waals surface area contributed by atoms with E-state index in [1.807, 2.05) is 12.1 Å². The highest BCUT2D eigenvalue weighted by Crippen LogP contribution is 2.30. The lowest BCUT2D eigenvalue weighted by atomic mass is 10.1. The zero-order chi connectivity index (χ0) is 14.4. The van der Waals surface area contributed by atoms with Crippen LogP contribution >= 0.6 is 0 Å². The Morgan fingerprint density at radius 2 is 2.20 bits per heavy atom. The number of ether oxygens (including phenoxy) is 1. The number of unbranched alkanes of at least 4 members (excludes halogenated alkanes) is 2. The molecule has 4 nitrogen and oxygen atoms in total. The highest BCUT2D eigenvalue weighted by atomic mass is 16.5. The van der Waals surface area contributed by atoms with Gasteiger partial charge in [-0.25, -0.2) is 0 Å². The molecule has 1 fully saturated rings. The summed E-state index contributed by atoms with van der Waals surface area (Å²) >= 11 is 0. The molecule has 0 spiro atoms. The minimum Gasteiger partial charge on any atom is -0.476 e. The van der Waals surface area contributed by atoms with Crippen LogP contribution in [0.3, 0.4) is 0 Å². The smallest absolute Gasteiger partial charge is 0.239 e. The molecule has 2 rings (SSSR count). The summed E-state index contributed by atoms with van der Waals surface area (Å²) in [4.78, 5) is 4.48. The van der Waals surface area contributed by atoms with Gasteiger partial charge in [0.25, 0.3) is 0 Å². The predicted octanol–water partition coefficient (Wildman–Crippen LogP) is 3.83. The number of nitrogens with zero attached hydrogens (tertiary/aromatic N) is 1. The Kier molecular flexibility index (Phi) is 5.50. The van der Waals surface area contributed by atoms with E-state index in [1.165, 1.54) is 32.1 Å². The van der Waals surface area contributed by atoms with E-state index in [1.54, 1.807) is 0 Å². The highest BCUT2D eigenvalue weighted by molar-refractivity contribution is 5.53. The average molecular weight is 277 g/mol. The van der Waals surface area contributed by atoms with Gasteiger partial charge in [0.1, 0.15) is 5.82 Å². The van der Waals surface area contributed by atoms with E-state index < -0.39 is 0 Å². The zero-order valence-electron chi connectivity index (χ0n) is 12.7. The molecule has 0 saturated heterocycles. The van der Waals surface area contributed by atoms with Crippen LogP contribution in [-0.4, -0.2) is 17.6 Å². The van der Waals surface area contributed by atoms with Crippen LogP contribution in [-0.2, 0) is 0 Å². The van der Waals surface area contributed by atoms with E-state index in [4.69, 9.17) is 10.5 Å². The van der Waals surface area contributed by atoms with Crippen LogP contribution in [0, 0.1) is 5.92 Å². The van der Waals surface area contributed by atoms with Gasteiger partial charge in [0, 0.05) is 6.04 Å². The SMILES string of the molecule is CCCCCC(C)Nc1ccc(N)c(OCC2CC2)n1. The van der Waals surface area contributed by atoms with Crippen molar-refractivity contribution < 1.29 is 4.74 Å². The summed E-state index contributed by atoms with van der Waals surface area (Å²) in [5.41, 5.74) is 6.53. The Hall–Kier alpha value is -1.45. The second kappa shape index (κ2) is 7.36. The van der Waals surface area contributed by atoms with E-state index in [2.05, 4.69) is 24.1 Å².